The van der Waals surface area contributed by atoms with Gasteiger partial charge in [0.1, 0.15) is 23.0 Å². The Bertz CT molecular complexity index is 1210. The molecule has 0 atom stereocenters. The quantitative estimate of drug-likeness (QED) is 0.328. The summed E-state index contributed by atoms with van der Waals surface area (Å²) < 4.78 is 34.2. The van der Waals surface area contributed by atoms with Gasteiger partial charge in [0.2, 0.25) is 5.95 Å². The molecule has 31 heavy (non-hydrogen) atoms. The van der Waals surface area contributed by atoms with Crippen LogP contribution in [0.4, 0.5) is 20.4 Å². The smallest absolute Gasteiger partial charge is 0.225 e. The third kappa shape index (κ3) is 4.61. The van der Waals surface area contributed by atoms with Crippen molar-refractivity contribution in [1.82, 2.24) is 19.5 Å². The monoisotopic (exact) mass is 424 g/mol. The molecule has 0 saturated carbocycles. The molecule has 2 heterocycles. The average Bonchev–Trinajstić information content (AvgIpc) is 3.11. The Labute approximate surface area is 177 Å². The van der Waals surface area contributed by atoms with Crippen LogP contribution in [0.5, 0.6) is 0 Å². The van der Waals surface area contributed by atoms with Gasteiger partial charge < -0.3 is 20.4 Å². The molecule has 0 radical (unpaired) electrons. The molecule has 4 aromatic rings. The van der Waals surface area contributed by atoms with E-state index in [2.05, 4.69) is 15.3 Å². The topological polar surface area (TPSA) is 90.9 Å². The van der Waals surface area contributed by atoms with Crippen molar-refractivity contribution in [1.29, 1.82) is 0 Å². The minimum absolute atomic E-state index is 0.123. The average molecular weight is 424 g/mol. The molecule has 2 aromatic heterocycles. The highest BCUT2D eigenvalue weighted by Gasteiger charge is 2.15. The van der Waals surface area contributed by atoms with Crippen LogP contribution in [0.2, 0.25) is 0 Å². The first kappa shape index (κ1) is 20.7. The lowest BCUT2D eigenvalue weighted by molar-refractivity contribution is 0.191. The fraction of sp³-hybridized carbons (Fsp3) is 0.227. The van der Waals surface area contributed by atoms with Crippen molar-refractivity contribution in [3.8, 4) is 11.4 Å². The molecule has 0 bridgehead atoms. The van der Waals surface area contributed by atoms with Crippen LogP contribution in [0.3, 0.4) is 0 Å². The van der Waals surface area contributed by atoms with Gasteiger partial charge in [-0.1, -0.05) is 18.2 Å². The predicted octanol–water partition coefficient (Wildman–Crippen LogP) is 4.00. The Morgan fingerprint density at radius 3 is 2.77 bits per heavy atom. The fourth-order valence-electron chi connectivity index (χ4n) is 3.32. The lowest BCUT2D eigenvalue weighted by atomic mass is 10.2. The number of hydrogen-bond acceptors (Lipinski definition) is 6. The van der Waals surface area contributed by atoms with Gasteiger partial charge in [0.25, 0.3) is 0 Å². The minimum atomic E-state index is -0.623. The van der Waals surface area contributed by atoms with Gasteiger partial charge in [-0.05, 0) is 24.6 Å². The summed E-state index contributed by atoms with van der Waals surface area (Å²) in [5.41, 5.74) is 9.06. The first-order valence-electron chi connectivity index (χ1n) is 9.81. The van der Waals surface area contributed by atoms with Crippen LogP contribution < -0.4 is 11.1 Å². The first-order valence-corrected chi connectivity index (χ1v) is 9.81. The normalized spacial score (nSPS) is 11.2. The van der Waals surface area contributed by atoms with E-state index < -0.39 is 11.6 Å². The molecule has 0 fully saturated rings. The molecule has 0 aliphatic heterocycles. The van der Waals surface area contributed by atoms with Gasteiger partial charge in [-0.2, -0.15) is 4.98 Å². The number of halogens is 2. The van der Waals surface area contributed by atoms with E-state index in [0.29, 0.717) is 41.5 Å². The van der Waals surface area contributed by atoms with Crippen molar-refractivity contribution in [2.24, 2.45) is 0 Å². The minimum Gasteiger partial charge on any atom is -0.399 e. The molecule has 0 saturated heterocycles. The summed E-state index contributed by atoms with van der Waals surface area (Å²) in [6.45, 7) is 1.35. The Balaban J connectivity index is 1.67. The number of benzene rings is 2. The van der Waals surface area contributed by atoms with Crippen LogP contribution in [0.25, 0.3) is 22.6 Å². The number of nitrogens with zero attached hydrogens (tertiary/aromatic N) is 4. The van der Waals surface area contributed by atoms with Crippen molar-refractivity contribution >= 4 is 22.8 Å². The summed E-state index contributed by atoms with van der Waals surface area (Å²) in [5.74, 6) is -0.187. The van der Waals surface area contributed by atoms with Gasteiger partial charge in [-0.3, -0.25) is 0 Å². The summed E-state index contributed by atoms with van der Waals surface area (Å²) in [7, 11) is 1.66. The standard InChI is InChI=1S/C22H22F2N6O/c1-31-9-3-8-30-20(14-4-2-5-17(25)10-14)28-19-13-27-22(29-21(19)30)26-12-15-6-7-16(23)11-18(15)24/h2,4-7,10-11,13H,3,8-9,12,25H2,1H3,(H,26,27,29). The van der Waals surface area contributed by atoms with E-state index in [0.717, 1.165) is 23.9 Å². The van der Waals surface area contributed by atoms with E-state index in [9.17, 15) is 8.78 Å². The molecule has 9 heteroatoms. The van der Waals surface area contributed by atoms with Crippen LogP contribution in [0.1, 0.15) is 12.0 Å². The van der Waals surface area contributed by atoms with Gasteiger partial charge in [-0.15, -0.1) is 0 Å². The van der Waals surface area contributed by atoms with Gasteiger partial charge in [-0.25, -0.2) is 18.7 Å². The van der Waals surface area contributed by atoms with Crippen molar-refractivity contribution in [2.45, 2.75) is 19.5 Å². The van der Waals surface area contributed by atoms with Crippen LogP contribution in [-0.4, -0.2) is 33.2 Å². The maximum absolute atomic E-state index is 13.9. The molecule has 2 aromatic carbocycles. The maximum atomic E-state index is 13.9. The van der Waals surface area contributed by atoms with E-state index in [1.807, 2.05) is 28.8 Å². The van der Waals surface area contributed by atoms with Gasteiger partial charge in [0.15, 0.2) is 5.65 Å². The number of ether oxygens (including phenoxy) is 1. The van der Waals surface area contributed by atoms with E-state index in [1.54, 1.807) is 13.3 Å². The van der Waals surface area contributed by atoms with Crippen molar-refractivity contribution in [3.63, 3.8) is 0 Å². The molecule has 0 aliphatic carbocycles. The number of nitrogen functional groups attached to an aromatic ring is 1. The molecule has 7 nitrogen and oxygen atoms in total. The second-order valence-corrected chi connectivity index (χ2v) is 7.05. The molecule has 3 N–H and O–H groups in total. The van der Waals surface area contributed by atoms with Crippen LogP contribution in [0.15, 0.2) is 48.7 Å². The Morgan fingerprint density at radius 2 is 2.00 bits per heavy atom. The largest absolute Gasteiger partial charge is 0.399 e. The molecular formula is C22H22F2N6O. The zero-order valence-electron chi connectivity index (χ0n) is 17.0. The lowest BCUT2D eigenvalue weighted by Gasteiger charge is -2.10. The lowest BCUT2D eigenvalue weighted by Crippen LogP contribution is -2.08. The molecular weight excluding hydrogens is 402 g/mol. The maximum Gasteiger partial charge on any atom is 0.225 e. The second-order valence-electron chi connectivity index (χ2n) is 7.05. The second kappa shape index (κ2) is 9.05. The van der Waals surface area contributed by atoms with Crippen LogP contribution in [0, 0.1) is 11.6 Å². The highest BCUT2D eigenvalue weighted by atomic mass is 19.1. The third-order valence-corrected chi connectivity index (χ3v) is 4.81. The van der Waals surface area contributed by atoms with Gasteiger partial charge in [0, 0.05) is 49.7 Å². The number of methoxy groups -OCH3 is 1. The molecule has 0 aliphatic rings. The number of imidazole rings is 1. The number of aryl methyl sites for hydroxylation is 1. The number of rotatable bonds is 8. The summed E-state index contributed by atoms with van der Waals surface area (Å²) in [6.07, 6.45) is 2.39. The first-order chi connectivity index (χ1) is 15.0. The summed E-state index contributed by atoms with van der Waals surface area (Å²) in [4.78, 5) is 13.6. The van der Waals surface area contributed by atoms with E-state index in [4.69, 9.17) is 15.5 Å². The highest BCUT2D eigenvalue weighted by Crippen LogP contribution is 2.26. The number of aromatic nitrogens is 4. The summed E-state index contributed by atoms with van der Waals surface area (Å²) in [6, 6.07) is 10.9. The molecule has 160 valence electrons. The molecule has 0 unspecified atom stereocenters. The Kier molecular flexibility index (Phi) is 6.03. The van der Waals surface area contributed by atoms with E-state index in [1.165, 1.54) is 12.1 Å². The zero-order chi connectivity index (χ0) is 21.8. The summed E-state index contributed by atoms with van der Waals surface area (Å²) in [5, 5.41) is 3.00. The molecule has 0 spiro atoms. The molecule has 0 amide bonds. The summed E-state index contributed by atoms with van der Waals surface area (Å²) >= 11 is 0. The van der Waals surface area contributed by atoms with Crippen molar-refractivity contribution in [2.75, 3.05) is 24.8 Å². The number of fused-ring (bicyclic) bond motifs is 1. The predicted molar refractivity (Wildman–Crippen MR) is 115 cm³/mol. The van der Waals surface area contributed by atoms with Gasteiger partial charge in [0.05, 0.1) is 6.20 Å². The SMILES string of the molecule is COCCCn1c(-c2cccc(N)c2)nc2cnc(NCc3ccc(F)cc3F)nc21. The number of nitrogens with two attached hydrogens (primary N) is 1. The van der Waals surface area contributed by atoms with Crippen molar-refractivity contribution in [3.05, 3.63) is 65.9 Å². The fourth-order valence-corrected chi connectivity index (χ4v) is 3.32. The number of anilines is 2. The van der Waals surface area contributed by atoms with Crippen LogP contribution in [-0.2, 0) is 17.8 Å². The van der Waals surface area contributed by atoms with Gasteiger partial charge >= 0.3 is 0 Å². The Morgan fingerprint density at radius 1 is 1.13 bits per heavy atom. The zero-order valence-corrected chi connectivity index (χ0v) is 17.0. The van der Waals surface area contributed by atoms with Crippen molar-refractivity contribution < 1.29 is 13.5 Å². The Hall–Kier alpha value is -3.59. The van der Waals surface area contributed by atoms with E-state index in [-0.39, 0.29) is 6.54 Å². The third-order valence-electron chi connectivity index (χ3n) is 4.81. The number of hydrogen-bond donors (Lipinski definition) is 2. The highest BCUT2D eigenvalue weighted by molar-refractivity contribution is 5.78. The van der Waals surface area contributed by atoms with Crippen LogP contribution >= 0.6 is 0 Å². The molecule has 4 rings (SSSR count). The van der Waals surface area contributed by atoms with E-state index >= 15 is 0 Å². The number of nitrogens with one attached hydrogen (secondary N) is 1.